The number of nitrogens with one attached hydrogen (secondary N) is 1. The fourth-order valence-corrected chi connectivity index (χ4v) is 3.67. The molecule has 2 heterocycles. The normalized spacial score (nSPS) is 11.6. The van der Waals surface area contributed by atoms with Crippen LogP contribution in [0.25, 0.3) is 11.6 Å². The highest BCUT2D eigenvalue weighted by Gasteiger charge is 2.19. The second kappa shape index (κ2) is 8.43. The van der Waals surface area contributed by atoms with Crippen molar-refractivity contribution < 1.29 is 22.4 Å². The molecule has 0 aliphatic rings. The lowest BCUT2D eigenvalue weighted by Crippen LogP contribution is -2.17. The summed E-state index contributed by atoms with van der Waals surface area (Å²) in [6.45, 7) is 3.96. The number of benzene rings is 1. The van der Waals surface area contributed by atoms with Crippen LogP contribution in [0.3, 0.4) is 0 Å². The topological polar surface area (TPSA) is 129 Å². The molecule has 1 amide bonds. The lowest BCUT2D eigenvalue weighted by molar-refractivity contribution is -0.115. The van der Waals surface area contributed by atoms with Crippen molar-refractivity contribution in [1.82, 2.24) is 20.0 Å². The van der Waals surface area contributed by atoms with Crippen LogP contribution < -0.4 is 10.1 Å². The predicted molar refractivity (Wildman–Crippen MR) is 104 cm³/mol. The molecular weight excluding hydrogens is 398 g/mol. The maximum Gasteiger partial charge on any atom is 0.322 e. The van der Waals surface area contributed by atoms with Crippen molar-refractivity contribution in [3.05, 3.63) is 36.5 Å². The largest absolute Gasteiger partial charge is 0.497 e. The van der Waals surface area contributed by atoms with E-state index in [0.29, 0.717) is 11.4 Å². The van der Waals surface area contributed by atoms with Crippen LogP contribution in [-0.2, 0) is 14.6 Å². The summed E-state index contributed by atoms with van der Waals surface area (Å²) in [6.07, 6.45) is 1.53. The number of nitrogens with zero attached hydrogens (tertiary/aromatic N) is 4. The number of anilines is 1. The summed E-state index contributed by atoms with van der Waals surface area (Å²) < 4.78 is 36.8. The van der Waals surface area contributed by atoms with Gasteiger partial charge in [0.25, 0.3) is 5.89 Å². The zero-order chi connectivity index (χ0) is 21.0. The molecule has 0 radical (unpaired) electrons. The molecule has 0 aliphatic heterocycles. The molecule has 1 aromatic carbocycles. The summed E-state index contributed by atoms with van der Waals surface area (Å²) >= 11 is 0. The first kappa shape index (κ1) is 20.5. The Morgan fingerprint density at radius 3 is 2.55 bits per heavy atom. The van der Waals surface area contributed by atoms with Crippen molar-refractivity contribution in [2.24, 2.45) is 0 Å². The third-order valence-corrected chi connectivity index (χ3v) is 5.78. The minimum absolute atomic E-state index is 0.118. The van der Waals surface area contributed by atoms with Crippen LogP contribution in [0.5, 0.6) is 5.75 Å². The summed E-state index contributed by atoms with van der Waals surface area (Å²) in [5, 5.41) is 14.3. The second-order valence-corrected chi connectivity index (χ2v) is 8.59. The Balaban J connectivity index is 1.58. The van der Waals surface area contributed by atoms with E-state index in [9.17, 15) is 13.2 Å². The molecule has 2 aromatic heterocycles. The minimum Gasteiger partial charge on any atom is -0.497 e. The first-order valence-corrected chi connectivity index (χ1v) is 10.5. The Morgan fingerprint density at radius 2 is 1.93 bits per heavy atom. The molecule has 11 heteroatoms. The molecule has 0 atom stereocenters. The molecule has 0 saturated heterocycles. The standard InChI is InChI=1S/C18H21N5O5S/c1-12(2)23-10-8-15(22-23)17-20-21-18(28-17)19-16(24)9-11-29(25,26)14-6-4-13(27-3)5-7-14/h4-8,10,12H,9,11H2,1-3H3,(H,19,21,24). The van der Waals surface area contributed by atoms with E-state index in [1.807, 2.05) is 13.8 Å². The Hall–Kier alpha value is -3.21. The van der Waals surface area contributed by atoms with E-state index in [1.165, 1.54) is 19.2 Å². The number of methoxy groups -OCH3 is 1. The molecule has 3 rings (SSSR count). The van der Waals surface area contributed by atoms with Crippen LogP contribution >= 0.6 is 0 Å². The van der Waals surface area contributed by atoms with Gasteiger partial charge < -0.3 is 9.15 Å². The van der Waals surface area contributed by atoms with E-state index in [4.69, 9.17) is 9.15 Å². The lowest BCUT2D eigenvalue weighted by Gasteiger charge is -2.05. The van der Waals surface area contributed by atoms with E-state index < -0.39 is 15.7 Å². The summed E-state index contributed by atoms with van der Waals surface area (Å²) in [5.41, 5.74) is 0.480. The quantitative estimate of drug-likeness (QED) is 0.589. The number of hydrogen-bond donors (Lipinski definition) is 1. The molecule has 154 valence electrons. The zero-order valence-electron chi connectivity index (χ0n) is 16.2. The maximum atomic E-state index is 12.4. The Labute approximate surface area is 167 Å². The van der Waals surface area contributed by atoms with Crippen molar-refractivity contribution >= 4 is 21.8 Å². The highest BCUT2D eigenvalue weighted by atomic mass is 32.2. The van der Waals surface area contributed by atoms with Gasteiger partial charge in [-0.25, -0.2) is 8.42 Å². The third-order valence-electron chi connectivity index (χ3n) is 4.04. The first-order valence-electron chi connectivity index (χ1n) is 8.84. The van der Waals surface area contributed by atoms with Crippen molar-refractivity contribution in [1.29, 1.82) is 0 Å². The molecule has 3 aromatic rings. The molecule has 10 nitrogen and oxygen atoms in total. The molecule has 0 bridgehead atoms. The number of carbonyl (C=O) groups is 1. The summed E-state index contributed by atoms with van der Waals surface area (Å²) in [5.74, 6) is -0.201. The Kier molecular flexibility index (Phi) is 5.97. The van der Waals surface area contributed by atoms with Crippen LogP contribution in [0.1, 0.15) is 26.3 Å². The molecule has 0 unspecified atom stereocenters. The van der Waals surface area contributed by atoms with Gasteiger partial charge >= 0.3 is 6.01 Å². The van der Waals surface area contributed by atoms with Crippen LogP contribution in [0.4, 0.5) is 6.01 Å². The van der Waals surface area contributed by atoms with Crippen LogP contribution in [0.2, 0.25) is 0 Å². The van der Waals surface area contributed by atoms with E-state index >= 15 is 0 Å². The molecule has 1 N–H and O–H groups in total. The van der Waals surface area contributed by atoms with Gasteiger partial charge in [0.05, 0.1) is 17.8 Å². The van der Waals surface area contributed by atoms with Gasteiger partial charge in [-0.3, -0.25) is 14.8 Å². The van der Waals surface area contributed by atoms with Crippen molar-refractivity contribution in [3.8, 4) is 17.3 Å². The van der Waals surface area contributed by atoms with Gasteiger partial charge in [0.1, 0.15) is 11.4 Å². The number of sulfone groups is 1. The minimum atomic E-state index is -3.61. The molecule has 0 spiro atoms. The molecule has 0 saturated carbocycles. The molecule has 29 heavy (non-hydrogen) atoms. The van der Waals surface area contributed by atoms with Crippen molar-refractivity contribution in [2.75, 3.05) is 18.2 Å². The number of ether oxygens (including phenoxy) is 1. The summed E-state index contributed by atoms with van der Waals surface area (Å²) in [6, 6.07) is 7.75. The Bertz CT molecular complexity index is 1090. The van der Waals surface area contributed by atoms with E-state index in [-0.39, 0.29) is 35.0 Å². The number of carbonyl (C=O) groups excluding carboxylic acids is 1. The summed E-state index contributed by atoms with van der Waals surface area (Å²) in [7, 11) is -2.12. The number of hydrogen-bond acceptors (Lipinski definition) is 8. The average Bonchev–Trinajstić information content (AvgIpc) is 3.36. The highest BCUT2D eigenvalue weighted by Crippen LogP contribution is 2.20. The highest BCUT2D eigenvalue weighted by molar-refractivity contribution is 7.91. The van der Waals surface area contributed by atoms with E-state index in [0.717, 1.165) is 0 Å². The smallest absolute Gasteiger partial charge is 0.322 e. The zero-order valence-corrected chi connectivity index (χ0v) is 17.0. The van der Waals surface area contributed by atoms with Gasteiger partial charge in [-0.1, -0.05) is 5.10 Å². The fourth-order valence-electron chi connectivity index (χ4n) is 2.43. The van der Waals surface area contributed by atoms with Crippen LogP contribution in [-0.4, -0.2) is 47.2 Å². The Morgan fingerprint density at radius 1 is 1.21 bits per heavy atom. The number of rotatable bonds is 8. The summed E-state index contributed by atoms with van der Waals surface area (Å²) in [4.78, 5) is 12.2. The van der Waals surface area contributed by atoms with Gasteiger partial charge in [-0.05, 0) is 44.2 Å². The molecular formula is C18H21N5O5S. The van der Waals surface area contributed by atoms with E-state index in [1.54, 1.807) is 29.1 Å². The molecule has 0 aliphatic carbocycles. The maximum absolute atomic E-state index is 12.4. The average molecular weight is 419 g/mol. The SMILES string of the molecule is COc1ccc(S(=O)(=O)CCC(=O)Nc2nnc(-c3ccn(C(C)C)n3)o2)cc1. The first-order chi connectivity index (χ1) is 13.8. The monoisotopic (exact) mass is 419 g/mol. The number of aromatic nitrogens is 4. The lowest BCUT2D eigenvalue weighted by atomic mass is 10.3. The number of amides is 1. The second-order valence-electron chi connectivity index (χ2n) is 6.48. The van der Waals surface area contributed by atoms with Crippen LogP contribution in [0, 0.1) is 0 Å². The van der Waals surface area contributed by atoms with E-state index in [2.05, 4.69) is 20.6 Å². The van der Waals surface area contributed by atoms with Gasteiger partial charge in [0.2, 0.25) is 5.91 Å². The third kappa shape index (κ3) is 4.99. The van der Waals surface area contributed by atoms with Gasteiger partial charge in [-0.15, -0.1) is 5.10 Å². The predicted octanol–water partition coefficient (Wildman–Crippen LogP) is 2.33. The van der Waals surface area contributed by atoms with Gasteiger partial charge in [0, 0.05) is 18.7 Å². The van der Waals surface area contributed by atoms with Gasteiger partial charge in [0.15, 0.2) is 9.84 Å². The van der Waals surface area contributed by atoms with Gasteiger partial charge in [-0.2, -0.15) is 5.10 Å². The fraction of sp³-hybridized carbons (Fsp3) is 0.333. The van der Waals surface area contributed by atoms with Crippen molar-refractivity contribution in [2.45, 2.75) is 31.2 Å². The van der Waals surface area contributed by atoms with Crippen molar-refractivity contribution in [3.63, 3.8) is 0 Å². The molecule has 0 fully saturated rings. The van der Waals surface area contributed by atoms with Crippen LogP contribution in [0.15, 0.2) is 45.8 Å².